The molecule has 1 amide bonds. The van der Waals surface area contributed by atoms with Crippen LogP contribution in [0.25, 0.3) is 0 Å². The summed E-state index contributed by atoms with van der Waals surface area (Å²) >= 11 is 0. The molecule has 0 radical (unpaired) electrons. The van der Waals surface area contributed by atoms with Crippen molar-refractivity contribution in [1.82, 2.24) is 15.1 Å². The van der Waals surface area contributed by atoms with Gasteiger partial charge in [0.15, 0.2) is 0 Å². The highest BCUT2D eigenvalue weighted by atomic mass is 16.2. The molecule has 4 nitrogen and oxygen atoms in total. The number of nitrogens with one attached hydrogen (secondary N) is 1. The minimum atomic E-state index is 0.343. The molecule has 0 aromatic rings. The maximum Gasteiger partial charge on any atom is 0.236 e. The Balaban J connectivity index is 1.74. The summed E-state index contributed by atoms with van der Waals surface area (Å²) in [5, 5.41) is 3.38. The molecular weight excluding hydrogens is 226 g/mol. The Kier molecular flexibility index (Phi) is 5.45. The second-order valence-corrected chi connectivity index (χ2v) is 5.66. The van der Waals surface area contributed by atoms with Crippen molar-refractivity contribution in [3.63, 3.8) is 0 Å². The first-order chi connectivity index (χ1) is 8.79. The molecule has 2 rings (SSSR count). The summed E-state index contributed by atoms with van der Waals surface area (Å²) in [6, 6.07) is 0. The Morgan fingerprint density at radius 1 is 1.28 bits per heavy atom. The Morgan fingerprint density at radius 2 is 2.17 bits per heavy atom. The van der Waals surface area contributed by atoms with Gasteiger partial charge < -0.3 is 10.2 Å². The van der Waals surface area contributed by atoms with Gasteiger partial charge in [-0.25, -0.2) is 0 Å². The van der Waals surface area contributed by atoms with E-state index in [0.717, 1.165) is 51.6 Å². The molecular formula is C14H27N3O. The van der Waals surface area contributed by atoms with Gasteiger partial charge in [-0.05, 0) is 38.3 Å². The van der Waals surface area contributed by atoms with Crippen molar-refractivity contribution in [2.24, 2.45) is 5.92 Å². The monoisotopic (exact) mass is 253 g/mol. The van der Waals surface area contributed by atoms with Gasteiger partial charge >= 0.3 is 0 Å². The summed E-state index contributed by atoms with van der Waals surface area (Å²) in [4.78, 5) is 16.6. The molecule has 1 unspecified atom stereocenters. The lowest BCUT2D eigenvalue weighted by Gasteiger charge is -2.23. The molecule has 0 aliphatic carbocycles. The van der Waals surface area contributed by atoms with Crippen LogP contribution in [0.2, 0.25) is 0 Å². The molecule has 0 spiro atoms. The SMILES string of the molecule is CCCC1CCN(C(=O)CN2CCCNCC2)C1. The molecule has 104 valence electrons. The summed E-state index contributed by atoms with van der Waals surface area (Å²) in [7, 11) is 0. The minimum absolute atomic E-state index is 0.343. The quantitative estimate of drug-likeness (QED) is 0.809. The molecule has 18 heavy (non-hydrogen) atoms. The van der Waals surface area contributed by atoms with Crippen molar-refractivity contribution in [2.45, 2.75) is 32.6 Å². The summed E-state index contributed by atoms with van der Waals surface area (Å²) in [5.41, 5.74) is 0. The molecule has 0 bridgehead atoms. The van der Waals surface area contributed by atoms with Crippen molar-refractivity contribution in [2.75, 3.05) is 45.8 Å². The summed E-state index contributed by atoms with van der Waals surface area (Å²) in [6.45, 7) is 9.02. The lowest BCUT2D eigenvalue weighted by atomic mass is 10.0. The van der Waals surface area contributed by atoms with E-state index in [1.807, 2.05) is 0 Å². The maximum atomic E-state index is 12.2. The average Bonchev–Trinajstić information content (AvgIpc) is 2.67. The van der Waals surface area contributed by atoms with Gasteiger partial charge in [-0.3, -0.25) is 9.69 Å². The van der Waals surface area contributed by atoms with E-state index in [9.17, 15) is 4.79 Å². The van der Waals surface area contributed by atoms with E-state index in [-0.39, 0.29) is 0 Å². The fraction of sp³-hybridized carbons (Fsp3) is 0.929. The van der Waals surface area contributed by atoms with Crippen LogP contribution in [0.4, 0.5) is 0 Å². The second-order valence-electron chi connectivity index (χ2n) is 5.66. The minimum Gasteiger partial charge on any atom is -0.341 e. The van der Waals surface area contributed by atoms with Crippen LogP contribution in [-0.4, -0.2) is 61.5 Å². The van der Waals surface area contributed by atoms with Crippen molar-refractivity contribution in [1.29, 1.82) is 0 Å². The van der Waals surface area contributed by atoms with Crippen LogP contribution in [0.5, 0.6) is 0 Å². The van der Waals surface area contributed by atoms with Crippen LogP contribution in [0.1, 0.15) is 32.6 Å². The Morgan fingerprint density at radius 3 is 3.00 bits per heavy atom. The zero-order valence-corrected chi connectivity index (χ0v) is 11.7. The van der Waals surface area contributed by atoms with Gasteiger partial charge in [0.2, 0.25) is 5.91 Å². The van der Waals surface area contributed by atoms with E-state index >= 15 is 0 Å². The van der Waals surface area contributed by atoms with Gasteiger partial charge in [0.1, 0.15) is 0 Å². The average molecular weight is 253 g/mol. The molecule has 0 aromatic carbocycles. The molecule has 2 fully saturated rings. The Labute approximate surface area is 111 Å². The van der Waals surface area contributed by atoms with Crippen molar-refractivity contribution in [3.8, 4) is 0 Å². The van der Waals surface area contributed by atoms with Gasteiger partial charge in [-0.2, -0.15) is 0 Å². The molecule has 2 aliphatic heterocycles. The third kappa shape index (κ3) is 3.95. The number of rotatable bonds is 4. The maximum absolute atomic E-state index is 12.2. The molecule has 2 aliphatic rings. The molecule has 1 N–H and O–H groups in total. The van der Waals surface area contributed by atoms with Gasteiger partial charge in [0, 0.05) is 26.2 Å². The van der Waals surface area contributed by atoms with Crippen molar-refractivity contribution >= 4 is 5.91 Å². The van der Waals surface area contributed by atoms with Gasteiger partial charge in [-0.1, -0.05) is 13.3 Å². The Bertz CT molecular complexity index is 262. The van der Waals surface area contributed by atoms with E-state index in [0.29, 0.717) is 12.5 Å². The largest absolute Gasteiger partial charge is 0.341 e. The summed E-state index contributed by atoms with van der Waals surface area (Å²) in [5.74, 6) is 1.10. The fourth-order valence-electron chi connectivity index (χ4n) is 3.05. The molecule has 0 aromatic heterocycles. The topological polar surface area (TPSA) is 35.6 Å². The normalized spacial score (nSPS) is 26.3. The predicted octanol–water partition coefficient (Wildman–Crippen LogP) is 0.930. The zero-order valence-electron chi connectivity index (χ0n) is 11.7. The van der Waals surface area contributed by atoms with Crippen molar-refractivity contribution in [3.05, 3.63) is 0 Å². The van der Waals surface area contributed by atoms with E-state index in [1.165, 1.54) is 19.3 Å². The highest BCUT2D eigenvalue weighted by Crippen LogP contribution is 2.20. The van der Waals surface area contributed by atoms with Crippen LogP contribution < -0.4 is 5.32 Å². The first-order valence-corrected chi connectivity index (χ1v) is 7.50. The highest BCUT2D eigenvalue weighted by molar-refractivity contribution is 5.78. The fourth-order valence-corrected chi connectivity index (χ4v) is 3.05. The van der Waals surface area contributed by atoms with Crippen LogP contribution >= 0.6 is 0 Å². The van der Waals surface area contributed by atoms with Crippen molar-refractivity contribution < 1.29 is 4.79 Å². The predicted molar refractivity (Wildman–Crippen MR) is 73.5 cm³/mol. The lowest BCUT2D eigenvalue weighted by Crippen LogP contribution is -2.40. The molecule has 0 saturated carbocycles. The third-order valence-corrected chi connectivity index (χ3v) is 4.13. The van der Waals surface area contributed by atoms with Crippen LogP contribution in [0.15, 0.2) is 0 Å². The Hall–Kier alpha value is -0.610. The molecule has 2 heterocycles. The van der Waals surface area contributed by atoms with E-state index in [1.54, 1.807) is 0 Å². The number of amides is 1. The number of hydrogen-bond acceptors (Lipinski definition) is 3. The number of carbonyl (C=O) groups excluding carboxylic acids is 1. The van der Waals surface area contributed by atoms with Gasteiger partial charge in [0.25, 0.3) is 0 Å². The smallest absolute Gasteiger partial charge is 0.236 e. The number of hydrogen-bond donors (Lipinski definition) is 1. The number of nitrogens with zero attached hydrogens (tertiary/aromatic N) is 2. The summed E-state index contributed by atoms with van der Waals surface area (Å²) < 4.78 is 0. The van der Waals surface area contributed by atoms with Crippen LogP contribution in [0, 0.1) is 5.92 Å². The standard InChI is InChI=1S/C14H27N3O/c1-2-4-13-5-9-17(11-13)14(18)12-16-8-3-6-15-7-10-16/h13,15H,2-12H2,1H3. The van der Waals surface area contributed by atoms with Crippen LogP contribution in [-0.2, 0) is 4.79 Å². The first kappa shape index (κ1) is 13.8. The number of carbonyl (C=O) groups is 1. The number of likely N-dealkylation sites (tertiary alicyclic amines) is 1. The van der Waals surface area contributed by atoms with E-state index < -0.39 is 0 Å². The summed E-state index contributed by atoms with van der Waals surface area (Å²) in [6.07, 6.45) is 4.88. The molecule has 4 heteroatoms. The second kappa shape index (κ2) is 7.10. The lowest BCUT2D eigenvalue weighted by molar-refractivity contribution is -0.131. The molecule has 2 saturated heterocycles. The zero-order chi connectivity index (χ0) is 12.8. The highest BCUT2D eigenvalue weighted by Gasteiger charge is 2.26. The van der Waals surface area contributed by atoms with E-state index in [2.05, 4.69) is 22.0 Å². The third-order valence-electron chi connectivity index (χ3n) is 4.13. The molecule has 1 atom stereocenters. The van der Waals surface area contributed by atoms with Gasteiger partial charge in [0.05, 0.1) is 6.54 Å². The van der Waals surface area contributed by atoms with Gasteiger partial charge in [-0.15, -0.1) is 0 Å². The van der Waals surface area contributed by atoms with E-state index in [4.69, 9.17) is 0 Å². The van der Waals surface area contributed by atoms with Crippen LogP contribution in [0.3, 0.4) is 0 Å². The first-order valence-electron chi connectivity index (χ1n) is 7.50.